The molecule has 0 spiro atoms. The van der Waals surface area contributed by atoms with Gasteiger partial charge in [0.05, 0.1) is 5.92 Å². The second kappa shape index (κ2) is 10.2. The zero-order valence-corrected chi connectivity index (χ0v) is 21.3. The lowest BCUT2D eigenvalue weighted by Gasteiger charge is -2.47. The van der Waals surface area contributed by atoms with Crippen molar-refractivity contribution in [1.82, 2.24) is 29.8 Å². The predicted octanol–water partition coefficient (Wildman–Crippen LogP) is 0.139. The predicted molar refractivity (Wildman–Crippen MR) is 131 cm³/mol. The highest BCUT2D eigenvalue weighted by Crippen LogP contribution is 2.38. The first-order chi connectivity index (χ1) is 18.1. The number of hydrogen-bond acceptors (Lipinski definition) is 11. The van der Waals surface area contributed by atoms with Gasteiger partial charge in [-0.2, -0.15) is 22.5 Å². The van der Waals surface area contributed by atoms with Gasteiger partial charge in [0, 0.05) is 61.2 Å². The minimum Gasteiger partial charge on any atom is -0.410 e. The van der Waals surface area contributed by atoms with Gasteiger partial charge in [-0.1, -0.05) is 5.16 Å². The van der Waals surface area contributed by atoms with E-state index in [0.717, 1.165) is 11.5 Å². The van der Waals surface area contributed by atoms with Crippen molar-refractivity contribution < 1.29 is 32.8 Å². The first-order valence-electron chi connectivity index (χ1n) is 11.6. The van der Waals surface area contributed by atoms with Crippen molar-refractivity contribution in [3.05, 3.63) is 29.2 Å². The van der Waals surface area contributed by atoms with E-state index < -0.39 is 41.0 Å². The van der Waals surface area contributed by atoms with Crippen LogP contribution in [0.4, 0.5) is 18.3 Å². The number of allylic oxidation sites excluding steroid dienone is 1. The Morgan fingerprint density at radius 1 is 1.37 bits per heavy atom. The maximum Gasteiger partial charge on any atom is 0.393 e. The van der Waals surface area contributed by atoms with Crippen LogP contribution in [0.2, 0.25) is 0 Å². The Bertz CT molecular complexity index is 1250. The van der Waals surface area contributed by atoms with E-state index >= 15 is 0 Å². The fraction of sp³-hybridized carbons (Fsp3) is 0.524. The van der Waals surface area contributed by atoms with E-state index in [1.165, 1.54) is 21.6 Å². The Hall–Kier alpha value is -3.18. The van der Waals surface area contributed by atoms with Gasteiger partial charge in [0.25, 0.3) is 11.8 Å². The van der Waals surface area contributed by atoms with Gasteiger partial charge in [0.2, 0.25) is 17.4 Å². The van der Waals surface area contributed by atoms with Crippen molar-refractivity contribution in [2.24, 2.45) is 17.0 Å². The van der Waals surface area contributed by atoms with Crippen LogP contribution in [0.3, 0.4) is 0 Å². The topological polar surface area (TPSA) is 166 Å². The molecule has 4 atom stereocenters. The largest absolute Gasteiger partial charge is 0.410 e. The summed E-state index contributed by atoms with van der Waals surface area (Å²) in [5, 5.41) is 17.1. The Morgan fingerprint density at radius 2 is 2.16 bits per heavy atom. The maximum absolute atomic E-state index is 13.3. The molecular weight excluding hydrogens is 549 g/mol. The summed E-state index contributed by atoms with van der Waals surface area (Å²) in [5.74, 6) is -3.38. The molecule has 38 heavy (non-hydrogen) atoms. The van der Waals surface area contributed by atoms with Crippen LogP contribution in [0.15, 0.2) is 28.6 Å². The number of thioether (sulfide) groups is 1. The molecule has 204 valence electrons. The van der Waals surface area contributed by atoms with Gasteiger partial charge >= 0.3 is 6.18 Å². The second-order valence-electron chi connectivity index (χ2n) is 9.24. The van der Waals surface area contributed by atoms with Crippen LogP contribution in [0.25, 0.3) is 0 Å². The van der Waals surface area contributed by atoms with Gasteiger partial charge in [0.1, 0.15) is 11.4 Å². The molecule has 0 radical (unpaired) electrons. The number of nitrogens with two attached hydrogens (primary N) is 1. The number of nitrogens with one attached hydrogen (secondary N) is 2. The molecule has 1 aromatic rings. The lowest BCUT2D eigenvalue weighted by atomic mass is 9.95. The van der Waals surface area contributed by atoms with E-state index in [-0.39, 0.29) is 42.4 Å². The number of carbonyl (C=O) groups is 3. The Labute approximate surface area is 222 Å². The van der Waals surface area contributed by atoms with Crippen LogP contribution in [0, 0.1) is 11.8 Å². The normalized spacial score (nSPS) is 29.0. The molecule has 12 nitrogen and oxygen atoms in total. The quantitative estimate of drug-likeness (QED) is 0.122. The number of anilines is 1. The van der Waals surface area contributed by atoms with Crippen LogP contribution >= 0.6 is 23.3 Å². The van der Waals surface area contributed by atoms with Crippen molar-refractivity contribution in [3.8, 4) is 0 Å². The number of likely N-dealkylation sites (tertiary alicyclic amines) is 1. The summed E-state index contributed by atoms with van der Waals surface area (Å²) in [7, 11) is 0. The van der Waals surface area contributed by atoms with Gasteiger partial charge in [-0.25, -0.2) is 0 Å². The van der Waals surface area contributed by atoms with E-state index in [2.05, 4.69) is 25.1 Å². The molecule has 17 heteroatoms. The Morgan fingerprint density at radius 3 is 2.84 bits per heavy atom. The first-order valence-corrected chi connectivity index (χ1v) is 13.4. The highest BCUT2D eigenvalue weighted by molar-refractivity contribution is 8.00. The van der Waals surface area contributed by atoms with Crippen molar-refractivity contribution in [2.45, 2.75) is 24.0 Å². The summed E-state index contributed by atoms with van der Waals surface area (Å²) in [6.07, 6.45) is -0.602. The number of oxime groups is 1. The molecule has 0 unspecified atom stereocenters. The number of β-lactam (4-membered cyclic amide) rings is 1. The van der Waals surface area contributed by atoms with Gasteiger partial charge in [-0.15, -0.1) is 11.8 Å². The molecule has 3 saturated heterocycles. The van der Waals surface area contributed by atoms with Crippen LogP contribution in [0.5, 0.6) is 0 Å². The molecule has 0 saturated carbocycles. The molecule has 4 aliphatic rings. The number of fused-ring (bicyclic) bond motifs is 1. The zero-order valence-electron chi connectivity index (χ0n) is 19.6. The average Bonchev–Trinajstić information content (AvgIpc) is 3.60. The molecule has 3 amide bonds. The monoisotopic (exact) mass is 572 g/mol. The summed E-state index contributed by atoms with van der Waals surface area (Å²) >= 11 is 2.20. The number of hydrogen-bond donors (Lipinski definition) is 4. The lowest BCUT2D eigenvalue weighted by molar-refractivity contribution is -0.180. The van der Waals surface area contributed by atoms with E-state index in [9.17, 15) is 32.8 Å². The van der Waals surface area contributed by atoms with Crippen molar-refractivity contribution >= 4 is 51.9 Å². The zero-order chi connectivity index (χ0) is 27.2. The molecular formula is C21H23F3N8O4S2. The molecule has 4 aliphatic heterocycles. The minimum absolute atomic E-state index is 0.0390. The van der Waals surface area contributed by atoms with E-state index in [1.54, 1.807) is 12.3 Å². The molecule has 5 heterocycles. The maximum atomic E-state index is 13.3. The summed E-state index contributed by atoms with van der Waals surface area (Å²) in [4.78, 5) is 44.8. The molecule has 0 aromatic carbocycles. The molecule has 0 bridgehead atoms. The summed E-state index contributed by atoms with van der Waals surface area (Å²) in [6.45, 7) is 0.460. The van der Waals surface area contributed by atoms with Gasteiger partial charge in [0.15, 0.2) is 5.13 Å². The number of nitrogens with zero attached hydrogens (tertiary/aromatic N) is 5. The number of nitrogen functional groups attached to an aromatic ring is 1. The Balaban J connectivity index is 1.19. The van der Waals surface area contributed by atoms with Gasteiger partial charge < -0.3 is 31.4 Å². The SMILES string of the molecule is Nc1nc(/C(=N/O)C(=O)N[C@@H]2C(=O)N3C=C(/C=C4\CCN(C[C@H]5CNC[C@@H]5C(F)(F)F)C4=O)CS[C@H]23)ns1. The van der Waals surface area contributed by atoms with Crippen molar-refractivity contribution in [2.75, 3.05) is 37.7 Å². The van der Waals surface area contributed by atoms with Crippen molar-refractivity contribution in [3.63, 3.8) is 0 Å². The second-order valence-corrected chi connectivity index (χ2v) is 11.1. The van der Waals surface area contributed by atoms with E-state index in [4.69, 9.17) is 5.73 Å². The molecule has 5 N–H and O–H groups in total. The number of amides is 3. The fourth-order valence-electron chi connectivity index (χ4n) is 4.93. The lowest BCUT2D eigenvalue weighted by Crippen LogP contribution is -2.69. The highest BCUT2D eigenvalue weighted by Gasteiger charge is 2.50. The van der Waals surface area contributed by atoms with Gasteiger partial charge in [-0.05, 0) is 18.1 Å². The summed E-state index contributed by atoms with van der Waals surface area (Å²) in [6, 6.07) is -0.865. The standard InChI is InChI=1S/C21H23F3N8O4S2/c22-21(23,24)12-5-26-4-11(12)7-31-2-1-10(17(31)34)3-9-6-32-18(35)14(19(32)37-8-9)27-16(33)13(29-36)15-28-20(25)38-30-15/h3,6,11-12,14,19,26,36H,1-2,4-5,7-8H2,(H,27,33)(H2,25,28,30)/b10-3+,29-13-/t11-,12+,14-,19-/m1/s1. The number of carbonyl (C=O) groups excluding carboxylic acids is 3. The third kappa shape index (κ3) is 4.96. The molecule has 3 fully saturated rings. The van der Waals surface area contributed by atoms with Crippen LogP contribution in [-0.2, 0) is 14.4 Å². The molecule has 1 aromatic heterocycles. The smallest absolute Gasteiger partial charge is 0.393 e. The number of rotatable bonds is 6. The number of alkyl halides is 3. The molecule has 5 rings (SSSR count). The minimum atomic E-state index is -4.31. The average molecular weight is 573 g/mol. The number of halogens is 3. The van der Waals surface area contributed by atoms with Crippen LogP contribution < -0.4 is 16.4 Å². The van der Waals surface area contributed by atoms with Crippen LogP contribution in [0.1, 0.15) is 12.2 Å². The third-order valence-corrected chi connectivity index (χ3v) is 8.73. The molecule has 0 aliphatic carbocycles. The summed E-state index contributed by atoms with van der Waals surface area (Å²) < 4.78 is 43.6. The third-order valence-electron chi connectivity index (χ3n) is 6.85. The van der Waals surface area contributed by atoms with Crippen LogP contribution in [-0.4, -0.2) is 97.3 Å². The van der Waals surface area contributed by atoms with E-state index in [0.29, 0.717) is 29.9 Å². The Kier molecular flexibility index (Phi) is 7.08. The summed E-state index contributed by atoms with van der Waals surface area (Å²) in [5.41, 5.74) is 6.23. The van der Waals surface area contributed by atoms with Gasteiger partial charge in [-0.3, -0.25) is 14.4 Å². The first kappa shape index (κ1) is 26.4. The van der Waals surface area contributed by atoms with Crippen molar-refractivity contribution in [1.29, 1.82) is 0 Å². The van der Waals surface area contributed by atoms with E-state index in [1.807, 2.05) is 0 Å². The highest BCUT2D eigenvalue weighted by atomic mass is 32.2. The fourth-order valence-corrected chi connectivity index (χ4v) is 6.59. The number of aromatic nitrogens is 2.